The molecule has 2 heterocycles. The number of ether oxygens (including phenoxy) is 2. The number of nitro benzene ring substituents is 1. The Morgan fingerprint density at radius 2 is 2.12 bits per heavy atom. The second-order valence-corrected chi connectivity index (χ2v) is 5.92. The zero-order chi connectivity index (χ0) is 18.6. The molecule has 2 aliphatic rings. The van der Waals surface area contributed by atoms with Crippen molar-refractivity contribution in [3.63, 3.8) is 0 Å². The van der Waals surface area contributed by atoms with Crippen LogP contribution in [-0.4, -0.2) is 35.9 Å². The number of nitrogens with zero attached hydrogens (tertiary/aromatic N) is 2. The van der Waals surface area contributed by atoms with Crippen molar-refractivity contribution in [3.05, 3.63) is 39.7 Å². The van der Waals surface area contributed by atoms with Crippen LogP contribution < -0.4 is 5.73 Å². The Bertz CT molecular complexity index is 754. The van der Waals surface area contributed by atoms with E-state index < -0.39 is 58.9 Å². The minimum Gasteiger partial charge on any atom is -0.452 e. The smallest absolute Gasteiger partial charge is 0.426 e. The Labute approximate surface area is 138 Å². The van der Waals surface area contributed by atoms with Gasteiger partial charge in [-0.1, -0.05) is 0 Å². The molecule has 1 saturated heterocycles. The maximum absolute atomic E-state index is 14.4. The SMILES string of the molecule is CC1OCC2(c3cc([N+](=O)[O-])ccc3F)N=C(N)O[C@H](C(F)(F)F)C12. The minimum atomic E-state index is -4.81. The first-order valence-corrected chi connectivity index (χ1v) is 7.21. The van der Waals surface area contributed by atoms with Crippen LogP contribution in [0.5, 0.6) is 0 Å². The first kappa shape index (κ1) is 17.4. The topological polar surface area (TPSA) is 100.0 Å². The molecule has 1 aromatic rings. The molecular weight excluding hydrogens is 350 g/mol. The zero-order valence-electron chi connectivity index (χ0n) is 12.8. The number of amidine groups is 1. The van der Waals surface area contributed by atoms with Gasteiger partial charge in [-0.15, -0.1) is 0 Å². The molecule has 1 fully saturated rings. The van der Waals surface area contributed by atoms with Gasteiger partial charge in [0.05, 0.1) is 23.6 Å². The van der Waals surface area contributed by atoms with Gasteiger partial charge in [0.1, 0.15) is 11.4 Å². The summed E-state index contributed by atoms with van der Waals surface area (Å²) in [6.45, 7) is 0.967. The van der Waals surface area contributed by atoms with E-state index in [2.05, 4.69) is 9.73 Å². The molecule has 0 aromatic heterocycles. The monoisotopic (exact) mass is 363 g/mol. The fraction of sp³-hybridized carbons (Fsp3) is 0.500. The summed E-state index contributed by atoms with van der Waals surface area (Å²) in [5.41, 5.74) is 2.69. The standard InChI is InChI=1S/C14H13F4N3O4/c1-6-10-11(14(16,17)18)25-12(19)20-13(10,5-24-6)8-4-7(21(22)23)2-3-9(8)15/h2-4,6,10-11H,5H2,1H3,(H2,19,20)/t6?,10?,11-,13?/m0/s1. The van der Waals surface area contributed by atoms with Gasteiger partial charge >= 0.3 is 6.18 Å². The van der Waals surface area contributed by atoms with Gasteiger partial charge in [-0.05, 0) is 13.0 Å². The number of non-ortho nitro benzene ring substituents is 1. The van der Waals surface area contributed by atoms with Crippen molar-refractivity contribution in [2.75, 3.05) is 6.61 Å². The number of halogens is 4. The van der Waals surface area contributed by atoms with Crippen molar-refractivity contribution in [2.45, 2.75) is 30.8 Å². The highest BCUT2D eigenvalue weighted by atomic mass is 19.4. The largest absolute Gasteiger partial charge is 0.452 e. The molecule has 2 aliphatic heterocycles. The van der Waals surface area contributed by atoms with E-state index in [4.69, 9.17) is 10.5 Å². The van der Waals surface area contributed by atoms with E-state index in [1.807, 2.05) is 0 Å². The van der Waals surface area contributed by atoms with Gasteiger partial charge in [0, 0.05) is 17.7 Å². The van der Waals surface area contributed by atoms with E-state index in [-0.39, 0.29) is 5.56 Å². The number of nitrogens with two attached hydrogens (primary N) is 1. The van der Waals surface area contributed by atoms with Crippen molar-refractivity contribution in [1.82, 2.24) is 0 Å². The molecule has 7 nitrogen and oxygen atoms in total. The number of benzene rings is 1. The molecule has 0 amide bonds. The van der Waals surface area contributed by atoms with Crippen molar-refractivity contribution in [2.24, 2.45) is 16.6 Å². The van der Waals surface area contributed by atoms with Crippen LogP contribution >= 0.6 is 0 Å². The van der Waals surface area contributed by atoms with Crippen LogP contribution in [0, 0.1) is 21.8 Å². The van der Waals surface area contributed by atoms with E-state index in [0.29, 0.717) is 0 Å². The van der Waals surface area contributed by atoms with Gasteiger partial charge in [-0.3, -0.25) is 10.1 Å². The van der Waals surface area contributed by atoms with Crippen LogP contribution in [0.1, 0.15) is 12.5 Å². The fourth-order valence-electron chi connectivity index (χ4n) is 3.42. The van der Waals surface area contributed by atoms with Crippen LogP contribution in [0.4, 0.5) is 23.2 Å². The molecule has 3 rings (SSSR count). The van der Waals surface area contributed by atoms with Crippen LogP contribution in [0.2, 0.25) is 0 Å². The third-order valence-electron chi connectivity index (χ3n) is 4.46. The quantitative estimate of drug-likeness (QED) is 0.493. The van der Waals surface area contributed by atoms with E-state index >= 15 is 0 Å². The molecule has 0 spiro atoms. The molecular formula is C14H13F4N3O4. The molecule has 11 heteroatoms. The average Bonchev–Trinajstić information content (AvgIpc) is 2.83. The molecule has 25 heavy (non-hydrogen) atoms. The summed E-state index contributed by atoms with van der Waals surface area (Å²) in [5, 5.41) is 11.0. The third-order valence-corrected chi connectivity index (χ3v) is 4.46. The van der Waals surface area contributed by atoms with Crippen molar-refractivity contribution in [1.29, 1.82) is 0 Å². The highest BCUT2D eigenvalue weighted by Gasteiger charge is 2.64. The van der Waals surface area contributed by atoms with Crippen LogP contribution in [-0.2, 0) is 15.0 Å². The lowest BCUT2D eigenvalue weighted by Gasteiger charge is -2.41. The molecule has 0 bridgehead atoms. The molecule has 136 valence electrons. The van der Waals surface area contributed by atoms with E-state index in [9.17, 15) is 27.7 Å². The summed E-state index contributed by atoms with van der Waals surface area (Å²) < 4.78 is 64.7. The summed E-state index contributed by atoms with van der Waals surface area (Å²) in [6.07, 6.45) is -8.17. The summed E-state index contributed by atoms with van der Waals surface area (Å²) >= 11 is 0. The van der Waals surface area contributed by atoms with Crippen molar-refractivity contribution >= 4 is 11.7 Å². The van der Waals surface area contributed by atoms with Crippen LogP contribution in [0.25, 0.3) is 0 Å². The van der Waals surface area contributed by atoms with Crippen LogP contribution in [0.15, 0.2) is 23.2 Å². The number of aliphatic imine (C=N–C) groups is 1. The van der Waals surface area contributed by atoms with Gasteiger partial charge in [0.25, 0.3) is 11.7 Å². The molecule has 2 N–H and O–H groups in total. The molecule has 1 aromatic carbocycles. The molecule has 0 saturated carbocycles. The Kier molecular flexibility index (Phi) is 3.86. The van der Waals surface area contributed by atoms with Crippen LogP contribution in [0.3, 0.4) is 0 Å². The second-order valence-electron chi connectivity index (χ2n) is 5.92. The lowest BCUT2D eigenvalue weighted by atomic mass is 9.74. The number of nitro groups is 1. The molecule has 4 atom stereocenters. The lowest BCUT2D eigenvalue weighted by Crippen LogP contribution is -2.55. The summed E-state index contributed by atoms with van der Waals surface area (Å²) in [4.78, 5) is 14.1. The van der Waals surface area contributed by atoms with Crippen molar-refractivity contribution < 1.29 is 32.0 Å². The maximum atomic E-state index is 14.4. The third kappa shape index (κ3) is 2.68. The first-order chi connectivity index (χ1) is 11.6. The number of rotatable bonds is 2. The zero-order valence-corrected chi connectivity index (χ0v) is 12.8. The van der Waals surface area contributed by atoms with Gasteiger partial charge in [0.15, 0.2) is 0 Å². The average molecular weight is 363 g/mol. The van der Waals surface area contributed by atoms with Gasteiger partial charge in [0.2, 0.25) is 6.10 Å². The van der Waals surface area contributed by atoms with Gasteiger partial charge in [-0.2, -0.15) is 13.2 Å². The van der Waals surface area contributed by atoms with Gasteiger partial charge < -0.3 is 15.2 Å². The molecule has 3 unspecified atom stereocenters. The molecule has 0 aliphatic carbocycles. The summed E-state index contributed by atoms with van der Waals surface area (Å²) in [5.74, 6) is -2.39. The second kappa shape index (κ2) is 5.55. The normalized spacial score (nSPS) is 31.9. The lowest BCUT2D eigenvalue weighted by molar-refractivity contribution is -0.385. The van der Waals surface area contributed by atoms with E-state index in [1.54, 1.807) is 0 Å². The van der Waals surface area contributed by atoms with E-state index in [0.717, 1.165) is 18.2 Å². The highest BCUT2D eigenvalue weighted by Crippen LogP contribution is 2.51. The fourth-order valence-corrected chi connectivity index (χ4v) is 3.42. The number of hydrogen-bond donors (Lipinski definition) is 1. The Morgan fingerprint density at radius 3 is 2.72 bits per heavy atom. The Morgan fingerprint density at radius 1 is 1.44 bits per heavy atom. The predicted octanol–water partition coefficient (Wildman–Crippen LogP) is 2.24. The van der Waals surface area contributed by atoms with Gasteiger partial charge in [-0.25, -0.2) is 9.38 Å². The van der Waals surface area contributed by atoms with E-state index in [1.165, 1.54) is 6.92 Å². The summed E-state index contributed by atoms with van der Waals surface area (Å²) in [6, 6.07) is 1.81. The Hall–Kier alpha value is -2.43. The minimum absolute atomic E-state index is 0.378. The number of hydrogen-bond acceptors (Lipinski definition) is 6. The number of alkyl halides is 3. The summed E-state index contributed by atoms with van der Waals surface area (Å²) in [7, 11) is 0. The predicted molar refractivity (Wildman–Crippen MR) is 76.2 cm³/mol. The number of fused-ring (bicyclic) bond motifs is 1. The highest BCUT2D eigenvalue weighted by molar-refractivity contribution is 5.73. The maximum Gasteiger partial charge on any atom is 0.426 e. The Balaban J connectivity index is 2.23. The van der Waals surface area contributed by atoms with Crippen molar-refractivity contribution in [3.8, 4) is 0 Å². The first-order valence-electron chi connectivity index (χ1n) is 7.21. The molecule has 0 radical (unpaired) electrons.